The summed E-state index contributed by atoms with van der Waals surface area (Å²) >= 11 is 0. The van der Waals surface area contributed by atoms with Gasteiger partial charge in [-0.05, 0) is 54.9 Å². The molecule has 4 aliphatic rings. The molecule has 1 aromatic heterocycles. The topological polar surface area (TPSA) is 88.7 Å². The minimum Gasteiger partial charge on any atom is -0.504 e. The van der Waals surface area contributed by atoms with E-state index in [-0.39, 0.29) is 28.2 Å². The first-order valence-corrected chi connectivity index (χ1v) is 12.5. The van der Waals surface area contributed by atoms with Gasteiger partial charge in [-0.15, -0.1) is 0 Å². The summed E-state index contributed by atoms with van der Waals surface area (Å²) in [5.74, 6) is 1.27. The summed E-state index contributed by atoms with van der Waals surface area (Å²) in [5, 5.41) is 22.3. The molecule has 1 aromatic carbocycles. The van der Waals surface area contributed by atoms with Crippen molar-refractivity contribution in [1.82, 2.24) is 9.88 Å². The zero-order valence-electron chi connectivity index (χ0n) is 16.8. The van der Waals surface area contributed by atoms with Crippen LogP contribution in [0.4, 0.5) is 5.69 Å². The fourth-order valence-corrected chi connectivity index (χ4v) is 8.34. The van der Waals surface area contributed by atoms with Gasteiger partial charge in [-0.1, -0.05) is 29.0 Å². The number of aromatic nitrogens is 1. The Bertz CT molecular complexity index is 1110. The van der Waals surface area contributed by atoms with Crippen LogP contribution in [-0.2, 0) is 11.8 Å². The summed E-state index contributed by atoms with van der Waals surface area (Å²) in [6.07, 6.45) is 7.83. The van der Waals surface area contributed by atoms with Gasteiger partial charge in [-0.25, -0.2) is 4.98 Å². The highest BCUT2D eigenvalue weighted by atomic mass is 33.1. The smallest absolute Gasteiger partial charge is 0.287 e. The molecule has 7 nitrogen and oxygen atoms in total. The van der Waals surface area contributed by atoms with Crippen LogP contribution < -0.4 is 4.74 Å². The molecule has 2 aliphatic heterocycles. The molecule has 160 valence electrons. The van der Waals surface area contributed by atoms with E-state index in [1.165, 1.54) is 34.2 Å². The maximum atomic E-state index is 10.9. The Morgan fingerprint density at radius 1 is 1.32 bits per heavy atom. The third-order valence-corrected chi connectivity index (χ3v) is 9.91. The summed E-state index contributed by atoms with van der Waals surface area (Å²) in [5.41, 5.74) is 2.40. The summed E-state index contributed by atoms with van der Waals surface area (Å²) in [4.78, 5) is 17.1. The van der Waals surface area contributed by atoms with Gasteiger partial charge in [0.05, 0.1) is 10.2 Å². The fraction of sp³-hybridized carbons (Fsp3) is 0.409. The number of pyridine rings is 1. The lowest BCUT2D eigenvalue weighted by molar-refractivity contribution is -0.385. The molecule has 9 heteroatoms. The van der Waals surface area contributed by atoms with Crippen molar-refractivity contribution in [3.8, 4) is 11.5 Å². The van der Waals surface area contributed by atoms with Crippen molar-refractivity contribution in [2.45, 2.75) is 40.7 Å². The van der Waals surface area contributed by atoms with Crippen LogP contribution in [0.3, 0.4) is 0 Å². The Labute approximate surface area is 187 Å². The molecule has 0 amide bonds. The molecule has 1 spiro atoms. The number of likely N-dealkylation sites (tertiary alicyclic amines) is 1. The first-order chi connectivity index (χ1) is 15.0. The number of piperidine rings is 1. The van der Waals surface area contributed by atoms with Crippen LogP contribution in [0.15, 0.2) is 47.6 Å². The number of likely N-dealkylation sites (N-methyl/N-ethyl adjacent to an activating group) is 1. The zero-order chi connectivity index (χ0) is 21.3. The van der Waals surface area contributed by atoms with Crippen molar-refractivity contribution in [3.63, 3.8) is 0 Å². The molecule has 0 radical (unpaired) electrons. The number of phenols is 1. The van der Waals surface area contributed by atoms with Crippen molar-refractivity contribution in [2.75, 3.05) is 13.6 Å². The minimum absolute atomic E-state index is 0.00852. The second-order valence-corrected chi connectivity index (χ2v) is 11.1. The number of ether oxygens (including phenoxy) is 1. The molecule has 6 rings (SSSR count). The molecular formula is C22H21N3O4S2. The van der Waals surface area contributed by atoms with Crippen LogP contribution in [0.1, 0.15) is 17.5 Å². The Kier molecular flexibility index (Phi) is 4.32. The number of aromatic hydroxyl groups is 1. The number of nitro groups is 1. The van der Waals surface area contributed by atoms with Gasteiger partial charge in [0.15, 0.2) is 11.5 Å². The second-order valence-electron chi connectivity index (χ2n) is 8.70. The number of phenolic OH excluding ortho intramolecular Hbond substituents is 1. The van der Waals surface area contributed by atoms with E-state index in [1.807, 2.05) is 0 Å². The monoisotopic (exact) mass is 455 g/mol. The third-order valence-electron chi connectivity index (χ3n) is 7.31. The van der Waals surface area contributed by atoms with Gasteiger partial charge < -0.3 is 14.7 Å². The van der Waals surface area contributed by atoms with Crippen molar-refractivity contribution in [2.24, 2.45) is 5.92 Å². The lowest BCUT2D eigenvalue weighted by atomic mass is 9.53. The van der Waals surface area contributed by atoms with Crippen molar-refractivity contribution >= 4 is 27.3 Å². The number of hydrogen-bond acceptors (Lipinski definition) is 8. The van der Waals surface area contributed by atoms with E-state index in [2.05, 4.69) is 35.1 Å². The van der Waals surface area contributed by atoms with Crippen molar-refractivity contribution < 1.29 is 14.8 Å². The maximum Gasteiger partial charge on any atom is 0.287 e. The van der Waals surface area contributed by atoms with E-state index in [9.17, 15) is 15.2 Å². The van der Waals surface area contributed by atoms with Crippen molar-refractivity contribution in [3.05, 3.63) is 63.9 Å². The number of nitrogens with zero attached hydrogens (tertiary/aromatic N) is 3. The van der Waals surface area contributed by atoms with Gasteiger partial charge in [-0.2, -0.15) is 0 Å². The predicted molar refractivity (Wildman–Crippen MR) is 120 cm³/mol. The molecule has 2 aromatic rings. The van der Waals surface area contributed by atoms with Gasteiger partial charge in [0.25, 0.3) is 5.69 Å². The summed E-state index contributed by atoms with van der Waals surface area (Å²) in [6.45, 7) is 1.01. The van der Waals surface area contributed by atoms with Crippen molar-refractivity contribution in [1.29, 1.82) is 0 Å². The molecular weight excluding hydrogens is 434 g/mol. The minimum atomic E-state index is -0.439. The standard InChI is InChI=1S/C22H21N3O4S2/c1-24-9-8-22-14-4-6-17(30-31-18-7-3-13(11-23-18)25(27)28)21(22)29-20-16(26)5-2-12(19(20)22)10-15(14)24/h2-7,11,14-15,17,21,26H,8-10H2,1H3/t14-,15+,17+,21-,22-/m0/s1. The largest absolute Gasteiger partial charge is 0.504 e. The average molecular weight is 456 g/mol. The van der Waals surface area contributed by atoms with Gasteiger partial charge in [-0.3, -0.25) is 10.1 Å². The Balaban J connectivity index is 1.34. The highest BCUT2D eigenvalue weighted by Crippen LogP contribution is 2.64. The summed E-state index contributed by atoms with van der Waals surface area (Å²) in [6, 6.07) is 7.44. The second kappa shape index (κ2) is 6.88. The van der Waals surface area contributed by atoms with Gasteiger partial charge in [0.2, 0.25) is 0 Å². The predicted octanol–water partition coefficient (Wildman–Crippen LogP) is 3.95. The fourth-order valence-electron chi connectivity index (χ4n) is 5.94. The van der Waals surface area contributed by atoms with E-state index >= 15 is 0 Å². The molecule has 5 atom stereocenters. The molecule has 3 heterocycles. The van der Waals surface area contributed by atoms with Gasteiger partial charge >= 0.3 is 0 Å². The molecule has 1 fully saturated rings. The molecule has 1 N–H and O–H groups in total. The van der Waals surface area contributed by atoms with Crippen LogP contribution >= 0.6 is 21.6 Å². The number of rotatable bonds is 4. The first kappa shape index (κ1) is 19.5. The number of hydrogen-bond donors (Lipinski definition) is 1. The highest BCUT2D eigenvalue weighted by molar-refractivity contribution is 8.77. The summed E-state index contributed by atoms with van der Waals surface area (Å²) in [7, 11) is 5.38. The highest BCUT2D eigenvalue weighted by Gasteiger charge is 2.64. The molecule has 2 bridgehead atoms. The zero-order valence-corrected chi connectivity index (χ0v) is 18.4. The SMILES string of the molecule is CN1CC[C@]23c4c5ccc(O)c4O[C@H]2[C@H](SSc2ccc([N+](=O)[O-])cn2)C=C[C@H]3[C@H]1C5. The van der Waals surface area contributed by atoms with Gasteiger partial charge in [0.1, 0.15) is 17.3 Å². The Hall–Kier alpha value is -2.23. The third kappa shape index (κ3) is 2.69. The normalized spacial score (nSPS) is 32.4. The number of benzene rings is 1. The Morgan fingerprint density at radius 3 is 2.97 bits per heavy atom. The van der Waals surface area contributed by atoms with E-state index in [0.29, 0.717) is 17.7 Å². The van der Waals surface area contributed by atoms with E-state index in [4.69, 9.17) is 4.74 Å². The molecule has 0 unspecified atom stereocenters. The van der Waals surface area contributed by atoms with E-state index < -0.39 is 4.92 Å². The van der Waals surface area contributed by atoms with E-state index in [0.717, 1.165) is 24.4 Å². The molecule has 31 heavy (non-hydrogen) atoms. The molecule has 1 saturated heterocycles. The Morgan fingerprint density at radius 2 is 2.19 bits per heavy atom. The molecule has 0 saturated carbocycles. The summed E-state index contributed by atoms with van der Waals surface area (Å²) < 4.78 is 6.53. The lowest BCUT2D eigenvalue weighted by Crippen LogP contribution is -2.64. The van der Waals surface area contributed by atoms with Crippen LogP contribution in [-0.4, -0.2) is 50.9 Å². The van der Waals surface area contributed by atoms with Crippen LogP contribution in [0.5, 0.6) is 11.5 Å². The molecule has 2 aliphatic carbocycles. The maximum absolute atomic E-state index is 10.9. The van der Waals surface area contributed by atoms with Crippen LogP contribution in [0.25, 0.3) is 0 Å². The van der Waals surface area contributed by atoms with Crippen LogP contribution in [0, 0.1) is 16.0 Å². The van der Waals surface area contributed by atoms with Gasteiger partial charge in [0, 0.05) is 29.0 Å². The first-order valence-electron chi connectivity index (χ1n) is 10.3. The quantitative estimate of drug-likeness (QED) is 0.321. The van der Waals surface area contributed by atoms with Crippen LogP contribution in [0.2, 0.25) is 0 Å². The average Bonchev–Trinajstić information content (AvgIpc) is 3.12. The van der Waals surface area contributed by atoms with E-state index in [1.54, 1.807) is 22.9 Å². The lowest BCUT2D eigenvalue weighted by Gasteiger charge is -2.56.